The second-order valence-corrected chi connectivity index (χ2v) is 4.68. The number of anilines is 2. The van der Waals surface area contributed by atoms with Crippen molar-refractivity contribution in [2.75, 3.05) is 11.9 Å². The van der Waals surface area contributed by atoms with E-state index in [0.717, 1.165) is 16.0 Å². The largest absolute Gasteiger partial charge is 0.328 e. The minimum absolute atomic E-state index is 0.626. The highest BCUT2D eigenvalue weighted by molar-refractivity contribution is 9.10. The molecule has 0 N–H and O–H groups in total. The van der Waals surface area contributed by atoms with Crippen LogP contribution in [-0.4, -0.2) is 12.0 Å². The predicted molar refractivity (Wildman–Crippen MR) is 71.5 cm³/mol. The molecule has 1 aromatic heterocycles. The zero-order valence-electron chi connectivity index (χ0n) is 8.69. The Morgan fingerprint density at radius 3 is 2.56 bits per heavy atom. The Hall–Kier alpha value is -1.06. The summed E-state index contributed by atoms with van der Waals surface area (Å²) in [5, 5.41) is 0.626. The van der Waals surface area contributed by atoms with E-state index in [2.05, 4.69) is 20.9 Å². The van der Waals surface area contributed by atoms with Gasteiger partial charge in [-0.25, -0.2) is 4.98 Å². The molecule has 2 aromatic rings. The van der Waals surface area contributed by atoms with Crippen molar-refractivity contribution in [1.29, 1.82) is 0 Å². The smallest absolute Gasteiger partial charge is 0.151 e. The highest BCUT2D eigenvalue weighted by Gasteiger charge is 2.09. The fourth-order valence-electron chi connectivity index (χ4n) is 1.43. The van der Waals surface area contributed by atoms with E-state index >= 15 is 0 Å². The summed E-state index contributed by atoms with van der Waals surface area (Å²) in [5.41, 5.74) is 1.05. The highest BCUT2D eigenvalue weighted by Crippen LogP contribution is 2.29. The molecule has 0 aliphatic rings. The van der Waals surface area contributed by atoms with Crippen LogP contribution in [0.2, 0.25) is 5.02 Å². The Balaban J connectivity index is 2.38. The van der Waals surface area contributed by atoms with Crippen LogP contribution in [0.1, 0.15) is 0 Å². The van der Waals surface area contributed by atoms with E-state index in [9.17, 15) is 0 Å². The number of benzene rings is 1. The molecule has 0 spiro atoms. The number of rotatable bonds is 2. The average molecular weight is 298 g/mol. The molecule has 0 saturated heterocycles. The summed E-state index contributed by atoms with van der Waals surface area (Å²) in [6, 6.07) is 11.8. The first kappa shape index (κ1) is 11.4. The number of para-hydroxylation sites is 1. The highest BCUT2D eigenvalue weighted by atomic mass is 79.9. The van der Waals surface area contributed by atoms with Crippen molar-refractivity contribution in [3.05, 3.63) is 52.1 Å². The monoisotopic (exact) mass is 296 g/mol. The molecule has 0 aliphatic heterocycles. The summed E-state index contributed by atoms with van der Waals surface area (Å²) in [6.45, 7) is 0. The van der Waals surface area contributed by atoms with Gasteiger partial charge >= 0.3 is 0 Å². The summed E-state index contributed by atoms with van der Waals surface area (Å²) in [6.07, 6.45) is 1.74. The Bertz CT molecular complexity index is 488. The maximum atomic E-state index is 6.14. The normalized spacial score (nSPS) is 10.2. The number of hydrogen-bond donors (Lipinski definition) is 0. The van der Waals surface area contributed by atoms with Gasteiger partial charge < -0.3 is 4.90 Å². The van der Waals surface area contributed by atoms with Crippen LogP contribution in [0.4, 0.5) is 11.5 Å². The fraction of sp³-hybridized carbons (Fsp3) is 0.0833. The van der Waals surface area contributed by atoms with E-state index in [1.165, 1.54) is 0 Å². The third-order valence-corrected chi connectivity index (χ3v) is 2.96. The van der Waals surface area contributed by atoms with Crippen LogP contribution in [0.3, 0.4) is 0 Å². The number of nitrogens with zero attached hydrogens (tertiary/aromatic N) is 2. The van der Waals surface area contributed by atoms with Gasteiger partial charge in [0.05, 0.1) is 5.02 Å². The molecule has 0 radical (unpaired) electrons. The lowest BCUT2D eigenvalue weighted by Crippen LogP contribution is -2.11. The molecule has 2 nitrogen and oxygen atoms in total. The molecule has 0 saturated carbocycles. The van der Waals surface area contributed by atoms with Crippen molar-refractivity contribution < 1.29 is 0 Å². The molecule has 2 rings (SSSR count). The SMILES string of the molecule is CN(c1ccccc1)c1ncc(Br)cc1Cl. The summed E-state index contributed by atoms with van der Waals surface area (Å²) in [4.78, 5) is 6.25. The van der Waals surface area contributed by atoms with Gasteiger partial charge in [0.25, 0.3) is 0 Å². The molecule has 0 aliphatic carbocycles. The summed E-state index contributed by atoms with van der Waals surface area (Å²) >= 11 is 9.48. The molecular formula is C12H10BrClN2. The zero-order valence-corrected chi connectivity index (χ0v) is 11.0. The fourth-order valence-corrected chi connectivity index (χ4v) is 2.18. The minimum atomic E-state index is 0.626. The van der Waals surface area contributed by atoms with Gasteiger partial charge in [-0.15, -0.1) is 0 Å². The predicted octanol–water partition coefficient (Wildman–Crippen LogP) is 4.27. The quantitative estimate of drug-likeness (QED) is 0.823. The number of halogens is 2. The Labute approximate surface area is 108 Å². The topological polar surface area (TPSA) is 16.1 Å². The second kappa shape index (κ2) is 4.85. The van der Waals surface area contributed by atoms with Crippen LogP contribution < -0.4 is 4.90 Å². The van der Waals surface area contributed by atoms with Crippen molar-refractivity contribution in [3.63, 3.8) is 0 Å². The van der Waals surface area contributed by atoms with E-state index in [-0.39, 0.29) is 0 Å². The van der Waals surface area contributed by atoms with E-state index in [4.69, 9.17) is 11.6 Å². The summed E-state index contributed by atoms with van der Waals surface area (Å²) in [7, 11) is 1.94. The lowest BCUT2D eigenvalue weighted by molar-refractivity contribution is 1.12. The van der Waals surface area contributed by atoms with Crippen molar-refractivity contribution in [2.24, 2.45) is 0 Å². The van der Waals surface area contributed by atoms with E-state index in [1.54, 1.807) is 6.20 Å². The van der Waals surface area contributed by atoms with Crippen molar-refractivity contribution >= 4 is 39.0 Å². The van der Waals surface area contributed by atoms with Gasteiger partial charge in [0.1, 0.15) is 0 Å². The van der Waals surface area contributed by atoms with Crippen LogP contribution in [0.25, 0.3) is 0 Å². The van der Waals surface area contributed by atoms with Crippen molar-refractivity contribution in [2.45, 2.75) is 0 Å². The summed E-state index contributed by atoms with van der Waals surface area (Å²) in [5.74, 6) is 0.746. The standard InChI is InChI=1S/C12H10BrClN2/c1-16(10-5-3-2-4-6-10)12-11(14)7-9(13)8-15-12/h2-8H,1H3. The maximum Gasteiger partial charge on any atom is 0.151 e. The second-order valence-electron chi connectivity index (χ2n) is 3.35. The first-order valence-electron chi connectivity index (χ1n) is 4.78. The van der Waals surface area contributed by atoms with Crippen LogP contribution in [-0.2, 0) is 0 Å². The molecule has 82 valence electrons. The van der Waals surface area contributed by atoms with Crippen molar-refractivity contribution in [1.82, 2.24) is 4.98 Å². The Kier molecular flexibility index (Phi) is 3.46. The van der Waals surface area contributed by atoms with Gasteiger partial charge in [-0.3, -0.25) is 0 Å². The lowest BCUT2D eigenvalue weighted by Gasteiger charge is -2.19. The first-order chi connectivity index (χ1) is 7.68. The molecule has 0 amide bonds. The van der Waals surface area contributed by atoms with Gasteiger partial charge in [0.2, 0.25) is 0 Å². The van der Waals surface area contributed by atoms with Gasteiger partial charge in [0, 0.05) is 23.4 Å². The van der Waals surface area contributed by atoms with Crippen LogP contribution >= 0.6 is 27.5 Å². The van der Waals surface area contributed by atoms with E-state index in [0.29, 0.717) is 5.02 Å². The lowest BCUT2D eigenvalue weighted by atomic mass is 10.3. The molecule has 0 unspecified atom stereocenters. The average Bonchev–Trinajstić information content (AvgIpc) is 2.29. The van der Waals surface area contributed by atoms with E-state index < -0.39 is 0 Å². The molecule has 0 bridgehead atoms. The van der Waals surface area contributed by atoms with Gasteiger partial charge in [-0.05, 0) is 34.1 Å². The van der Waals surface area contributed by atoms with Gasteiger partial charge in [-0.2, -0.15) is 0 Å². The minimum Gasteiger partial charge on any atom is -0.328 e. The van der Waals surface area contributed by atoms with E-state index in [1.807, 2.05) is 48.3 Å². The zero-order chi connectivity index (χ0) is 11.5. The van der Waals surface area contributed by atoms with Crippen LogP contribution in [0.5, 0.6) is 0 Å². The Morgan fingerprint density at radius 2 is 1.94 bits per heavy atom. The van der Waals surface area contributed by atoms with Crippen molar-refractivity contribution in [3.8, 4) is 0 Å². The third kappa shape index (κ3) is 2.36. The van der Waals surface area contributed by atoms with Gasteiger partial charge in [0.15, 0.2) is 5.82 Å². The molecule has 0 atom stereocenters. The van der Waals surface area contributed by atoms with Gasteiger partial charge in [-0.1, -0.05) is 29.8 Å². The molecule has 1 aromatic carbocycles. The Morgan fingerprint density at radius 1 is 1.25 bits per heavy atom. The number of pyridine rings is 1. The number of hydrogen-bond acceptors (Lipinski definition) is 2. The molecule has 16 heavy (non-hydrogen) atoms. The molecule has 1 heterocycles. The molecule has 4 heteroatoms. The third-order valence-electron chi connectivity index (χ3n) is 2.25. The van der Waals surface area contributed by atoms with Crippen LogP contribution in [0.15, 0.2) is 47.1 Å². The number of aromatic nitrogens is 1. The molecule has 0 fully saturated rings. The van der Waals surface area contributed by atoms with Crippen LogP contribution in [0, 0.1) is 0 Å². The molecular weight excluding hydrogens is 288 g/mol. The maximum absolute atomic E-state index is 6.14. The first-order valence-corrected chi connectivity index (χ1v) is 5.95. The summed E-state index contributed by atoms with van der Waals surface area (Å²) < 4.78 is 0.878.